The maximum Gasteiger partial charge on any atom is 0.313 e. The molecule has 5 heteroatoms. The van der Waals surface area contributed by atoms with E-state index < -0.39 is 16.0 Å². The molecule has 1 unspecified atom stereocenters. The maximum absolute atomic E-state index is 10.8. The molecule has 0 aromatic rings. The largest absolute Gasteiger partial charge is 0.481 e. The maximum atomic E-state index is 10.8. The minimum absolute atomic E-state index is 0.448. The van der Waals surface area contributed by atoms with E-state index in [0.717, 1.165) is 5.57 Å². The number of aliphatic carboxylic acids is 1. The highest BCUT2D eigenvalue weighted by Crippen LogP contribution is 2.40. The van der Waals surface area contributed by atoms with Gasteiger partial charge in [-0.25, -0.2) is 0 Å². The van der Waals surface area contributed by atoms with Gasteiger partial charge >= 0.3 is 5.97 Å². The molecule has 13 heavy (non-hydrogen) atoms. The lowest BCUT2D eigenvalue weighted by Crippen LogP contribution is -2.35. The van der Waals surface area contributed by atoms with Gasteiger partial charge in [0.25, 0.3) is 0 Å². The molecule has 0 saturated heterocycles. The quantitative estimate of drug-likeness (QED) is 0.392. The van der Waals surface area contributed by atoms with Crippen LogP contribution in [0, 0.1) is 5.92 Å². The first-order chi connectivity index (χ1) is 5.85. The van der Waals surface area contributed by atoms with Gasteiger partial charge in [0, 0.05) is 5.70 Å². The van der Waals surface area contributed by atoms with Crippen LogP contribution in [0.5, 0.6) is 0 Å². The number of allylic oxidation sites excluding steroid dienone is 1. The number of hydrogen-bond donors (Lipinski definition) is 4. The van der Waals surface area contributed by atoms with Crippen LogP contribution < -0.4 is 5.73 Å². The number of carboxylic acids is 1. The van der Waals surface area contributed by atoms with Crippen molar-refractivity contribution in [2.24, 2.45) is 11.7 Å². The highest BCUT2D eigenvalue weighted by atomic mass is 32.2. The monoisotopic (exact) mass is 217 g/mol. The summed E-state index contributed by atoms with van der Waals surface area (Å²) in [4.78, 5) is 10.8. The summed E-state index contributed by atoms with van der Waals surface area (Å²) < 4.78 is -0.950. The fourth-order valence-electron chi connectivity index (χ4n) is 1.20. The highest BCUT2D eigenvalue weighted by Gasteiger charge is 2.39. The average molecular weight is 217 g/mol. The molecular weight excluding hydrogens is 206 g/mol. The van der Waals surface area contributed by atoms with Gasteiger partial charge in [-0.15, -0.1) is 0 Å². The molecule has 0 aromatic heterocycles. The Hall–Kier alpha value is -0.550. The molecule has 0 heterocycles. The van der Waals surface area contributed by atoms with E-state index in [0.29, 0.717) is 5.70 Å². The second kappa shape index (κ2) is 3.31. The Morgan fingerprint density at radius 1 is 1.69 bits per heavy atom. The molecule has 0 spiro atoms. The van der Waals surface area contributed by atoms with Crippen LogP contribution in [0.3, 0.4) is 0 Å². The van der Waals surface area contributed by atoms with Gasteiger partial charge in [0.1, 0.15) is 5.92 Å². The molecule has 0 saturated carbocycles. The Bertz CT molecular complexity index is 307. The van der Waals surface area contributed by atoms with Crippen molar-refractivity contribution in [3.05, 3.63) is 23.4 Å². The number of hydrogen-bond acceptors (Lipinski definition) is 4. The van der Waals surface area contributed by atoms with Gasteiger partial charge in [0.2, 0.25) is 0 Å². The fourth-order valence-corrected chi connectivity index (χ4v) is 1.70. The summed E-state index contributed by atoms with van der Waals surface area (Å²) in [6.45, 7) is 1.76. The fraction of sp³-hybridized carbons (Fsp3) is 0.375. The van der Waals surface area contributed by atoms with Crippen LogP contribution in [0.2, 0.25) is 0 Å². The molecule has 0 fully saturated rings. The average Bonchev–Trinajstić information content (AvgIpc) is 1.96. The SMILES string of the molecule is CC1=CC(N)=CC(C(=O)O)C1(S)S. The van der Waals surface area contributed by atoms with Gasteiger partial charge in [0.15, 0.2) is 0 Å². The third kappa shape index (κ3) is 1.86. The lowest BCUT2D eigenvalue weighted by atomic mass is 9.92. The molecule has 0 bridgehead atoms. The van der Waals surface area contributed by atoms with Gasteiger partial charge < -0.3 is 10.8 Å². The van der Waals surface area contributed by atoms with Crippen molar-refractivity contribution in [2.45, 2.75) is 11.0 Å². The number of thiol groups is 2. The van der Waals surface area contributed by atoms with Gasteiger partial charge in [-0.1, -0.05) is 0 Å². The topological polar surface area (TPSA) is 63.3 Å². The third-order valence-corrected chi connectivity index (χ3v) is 3.28. The Labute approximate surface area is 87.5 Å². The summed E-state index contributed by atoms with van der Waals surface area (Å²) in [5.74, 6) is -1.76. The van der Waals surface area contributed by atoms with Crippen LogP contribution in [0.25, 0.3) is 0 Å². The molecule has 72 valence electrons. The summed E-state index contributed by atoms with van der Waals surface area (Å²) in [5, 5.41) is 8.88. The van der Waals surface area contributed by atoms with E-state index in [-0.39, 0.29) is 0 Å². The summed E-state index contributed by atoms with van der Waals surface area (Å²) in [6, 6.07) is 0. The first kappa shape index (κ1) is 10.5. The van der Waals surface area contributed by atoms with Crippen molar-refractivity contribution in [1.82, 2.24) is 0 Å². The zero-order valence-electron chi connectivity index (χ0n) is 7.06. The zero-order chi connectivity index (χ0) is 10.2. The number of carboxylic acid groups (broad SMARTS) is 1. The Morgan fingerprint density at radius 3 is 2.69 bits per heavy atom. The van der Waals surface area contributed by atoms with Gasteiger partial charge in [0.05, 0.1) is 4.08 Å². The van der Waals surface area contributed by atoms with Crippen LogP contribution in [0.4, 0.5) is 0 Å². The first-order valence-corrected chi connectivity index (χ1v) is 4.58. The minimum Gasteiger partial charge on any atom is -0.481 e. The van der Waals surface area contributed by atoms with E-state index in [2.05, 4.69) is 25.3 Å². The van der Waals surface area contributed by atoms with Crippen LogP contribution in [0.15, 0.2) is 23.4 Å². The van der Waals surface area contributed by atoms with Crippen molar-refractivity contribution < 1.29 is 9.90 Å². The molecule has 0 amide bonds. The molecule has 1 atom stereocenters. The van der Waals surface area contributed by atoms with Crippen LogP contribution >= 0.6 is 25.3 Å². The smallest absolute Gasteiger partial charge is 0.313 e. The van der Waals surface area contributed by atoms with E-state index in [1.54, 1.807) is 13.0 Å². The molecule has 0 aromatic carbocycles. The standard InChI is InChI=1S/C8H11NO2S2/c1-4-2-5(9)3-6(7(10)11)8(4,12)13/h2-3,6,12-13H,9H2,1H3,(H,10,11). The molecule has 0 radical (unpaired) electrons. The molecule has 1 rings (SSSR count). The molecule has 1 aliphatic rings. The van der Waals surface area contributed by atoms with Crippen LogP contribution in [-0.4, -0.2) is 15.2 Å². The number of nitrogens with two attached hydrogens (primary N) is 1. The summed E-state index contributed by atoms with van der Waals surface area (Å²) in [7, 11) is 0. The zero-order valence-corrected chi connectivity index (χ0v) is 8.85. The number of rotatable bonds is 1. The van der Waals surface area contributed by atoms with Crippen molar-refractivity contribution in [1.29, 1.82) is 0 Å². The minimum atomic E-state index is -0.972. The van der Waals surface area contributed by atoms with E-state index in [1.807, 2.05) is 0 Å². The van der Waals surface area contributed by atoms with E-state index >= 15 is 0 Å². The summed E-state index contributed by atoms with van der Waals surface area (Å²) in [5.41, 5.74) is 6.72. The predicted molar refractivity (Wildman–Crippen MR) is 57.9 cm³/mol. The third-order valence-electron chi connectivity index (χ3n) is 2.02. The van der Waals surface area contributed by atoms with Gasteiger partial charge in [-0.3, -0.25) is 4.79 Å². The second-order valence-electron chi connectivity index (χ2n) is 3.04. The Kier molecular flexibility index (Phi) is 2.68. The molecular formula is C8H11NO2S2. The summed E-state index contributed by atoms with van der Waals surface area (Å²) in [6.07, 6.45) is 3.13. The van der Waals surface area contributed by atoms with E-state index in [9.17, 15) is 4.79 Å². The molecule has 0 aliphatic heterocycles. The van der Waals surface area contributed by atoms with Crippen LogP contribution in [0.1, 0.15) is 6.92 Å². The Balaban J connectivity index is 3.12. The van der Waals surface area contributed by atoms with Crippen molar-refractivity contribution in [3.8, 4) is 0 Å². The van der Waals surface area contributed by atoms with Crippen molar-refractivity contribution in [3.63, 3.8) is 0 Å². The molecule has 1 aliphatic carbocycles. The lowest BCUT2D eigenvalue weighted by Gasteiger charge is -2.31. The molecule has 3 N–H and O–H groups in total. The predicted octanol–water partition coefficient (Wildman–Crippen LogP) is 1.05. The number of carbonyl (C=O) groups is 1. The van der Waals surface area contributed by atoms with E-state index in [4.69, 9.17) is 10.8 Å². The summed E-state index contributed by atoms with van der Waals surface area (Å²) >= 11 is 8.41. The van der Waals surface area contributed by atoms with Crippen molar-refractivity contribution in [2.75, 3.05) is 0 Å². The second-order valence-corrected chi connectivity index (χ2v) is 4.80. The van der Waals surface area contributed by atoms with Crippen LogP contribution in [-0.2, 0) is 4.79 Å². The lowest BCUT2D eigenvalue weighted by molar-refractivity contribution is -0.140. The molecule has 3 nitrogen and oxygen atoms in total. The van der Waals surface area contributed by atoms with E-state index in [1.165, 1.54) is 6.08 Å². The Morgan fingerprint density at radius 2 is 2.23 bits per heavy atom. The van der Waals surface area contributed by atoms with Crippen molar-refractivity contribution >= 4 is 31.2 Å². The highest BCUT2D eigenvalue weighted by molar-refractivity contribution is 8.01. The first-order valence-electron chi connectivity index (χ1n) is 3.69. The van der Waals surface area contributed by atoms with Gasteiger partial charge in [-0.05, 0) is 24.6 Å². The van der Waals surface area contributed by atoms with Gasteiger partial charge in [-0.2, -0.15) is 25.3 Å². The normalized spacial score (nSPS) is 26.2.